The minimum atomic E-state index is -0.463. The summed E-state index contributed by atoms with van der Waals surface area (Å²) >= 11 is 2.37. The number of aromatic nitrogens is 1. The standard InChI is InChI=1S/C12H11NO4S2.Na/c1-16-10(14)6-7-11(15)17-19-12-13-8-4-2-3-5-9(8)18-12;/h2-5H,6-7H2,1H3;. The SMILES string of the molecule is COC(=O)CCC(=O)OSc1nc2ccccc2s1.[Na]. The smallest absolute Gasteiger partial charge is 0.318 e. The molecule has 0 N–H and O–H groups in total. The average molecular weight is 320 g/mol. The van der Waals surface area contributed by atoms with Crippen LogP contribution in [0.3, 0.4) is 0 Å². The number of carbonyl (C=O) groups is 2. The molecule has 2 rings (SSSR count). The van der Waals surface area contributed by atoms with Gasteiger partial charge in [0.05, 0.1) is 30.2 Å². The number of ether oxygens (including phenoxy) is 1. The van der Waals surface area contributed by atoms with E-state index in [2.05, 4.69) is 9.72 Å². The molecule has 2 aromatic rings. The molecule has 0 saturated heterocycles. The number of nitrogens with zero attached hydrogens (tertiary/aromatic N) is 1. The van der Waals surface area contributed by atoms with Gasteiger partial charge in [0, 0.05) is 29.6 Å². The zero-order chi connectivity index (χ0) is 13.7. The number of fused-ring (bicyclic) bond motifs is 1. The van der Waals surface area contributed by atoms with Crippen LogP contribution >= 0.6 is 23.4 Å². The van der Waals surface area contributed by atoms with Crippen molar-refractivity contribution in [2.24, 2.45) is 0 Å². The maximum atomic E-state index is 11.4. The van der Waals surface area contributed by atoms with Crippen LogP contribution in [0, 0.1) is 0 Å². The predicted octanol–water partition coefficient (Wildman–Crippen LogP) is 2.42. The van der Waals surface area contributed by atoms with E-state index in [1.165, 1.54) is 18.4 Å². The third kappa shape index (κ3) is 5.06. The maximum Gasteiger partial charge on any atom is 0.318 e. The van der Waals surface area contributed by atoms with Gasteiger partial charge in [-0.15, -0.1) is 11.3 Å². The van der Waals surface area contributed by atoms with Crippen LogP contribution in [0.1, 0.15) is 12.8 Å². The Morgan fingerprint density at radius 3 is 2.65 bits per heavy atom. The van der Waals surface area contributed by atoms with E-state index in [0.717, 1.165) is 22.3 Å². The van der Waals surface area contributed by atoms with Crippen molar-refractivity contribution in [3.8, 4) is 0 Å². The number of rotatable bonds is 5. The molecule has 0 unspecified atom stereocenters. The van der Waals surface area contributed by atoms with Crippen LogP contribution in [-0.2, 0) is 18.5 Å². The molecule has 0 aliphatic heterocycles. The molecule has 1 aromatic heterocycles. The number of methoxy groups -OCH3 is 1. The molecule has 0 aliphatic carbocycles. The summed E-state index contributed by atoms with van der Waals surface area (Å²) < 4.78 is 11.1. The monoisotopic (exact) mass is 320 g/mol. The molecule has 0 fully saturated rings. The molecule has 0 spiro atoms. The number of hydrogen-bond donors (Lipinski definition) is 0. The minimum Gasteiger partial charge on any atom is -0.469 e. The molecule has 0 atom stereocenters. The summed E-state index contributed by atoms with van der Waals surface area (Å²) in [6, 6.07) is 7.68. The zero-order valence-corrected chi connectivity index (χ0v) is 14.8. The summed E-state index contributed by atoms with van der Waals surface area (Å²) in [6.07, 6.45) is 0.0281. The van der Waals surface area contributed by atoms with Gasteiger partial charge in [-0.25, -0.2) is 4.98 Å². The van der Waals surface area contributed by atoms with Gasteiger partial charge in [0.25, 0.3) is 0 Å². The summed E-state index contributed by atoms with van der Waals surface area (Å²) in [5.41, 5.74) is 0.876. The van der Waals surface area contributed by atoms with Crippen molar-refractivity contribution in [3.63, 3.8) is 0 Å². The van der Waals surface area contributed by atoms with Gasteiger partial charge in [0.1, 0.15) is 12.0 Å². The normalized spacial score (nSPS) is 9.85. The van der Waals surface area contributed by atoms with E-state index in [4.69, 9.17) is 4.18 Å². The molecule has 0 saturated carbocycles. The Balaban J connectivity index is 0.00000200. The Morgan fingerprint density at radius 2 is 1.95 bits per heavy atom. The molecule has 0 amide bonds. The first-order valence-electron chi connectivity index (χ1n) is 5.49. The van der Waals surface area contributed by atoms with E-state index in [1.54, 1.807) is 0 Å². The van der Waals surface area contributed by atoms with Gasteiger partial charge in [-0.3, -0.25) is 9.59 Å². The first kappa shape index (κ1) is 17.5. The van der Waals surface area contributed by atoms with Gasteiger partial charge in [-0.05, 0) is 12.1 Å². The second kappa shape index (κ2) is 8.63. The van der Waals surface area contributed by atoms with E-state index in [1.807, 2.05) is 24.3 Å². The van der Waals surface area contributed by atoms with Gasteiger partial charge in [-0.1, -0.05) is 12.1 Å². The van der Waals surface area contributed by atoms with Crippen LogP contribution in [0.15, 0.2) is 28.6 Å². The molecule has 5 nitrogen and oxygen atoms in total. The van der Waals surface area contributed by atoms with Crippen LogP contribution in [0.4, 0.5) is 0 Å². The fourth-order valence-corrected chi connectivity index (χ4v) is 2.90. The predicted molar refractivity (Wildman–Crippen MR) is 78.6 cm³/mol. The second-order valence-corrected chi connectivity index (χ2v) is 5.57. The summed E-state index contributed by atoms with van der Waals surface area (Å²) in [5, 5.41) is 0. The molecule has 1 aromatic carbocycles. The fourth-order valence-electron chi connectivity index (χ4n) is 1.32. The van der Waals surface area contributed by atoms with Gasteiger partial charge in [-0.2, -0.15) is 0 Å². The van der Waals surface area contributed by atoms with Crippen molar-refractivity contribution >= 4 is 75.1 Å². The van der Waals surface area contributed by atoms with Gasteiger partial charge in [0.15, 0.2) is 4.34 Å². The molecule has 8 heteroatoms. The largest absolute Gasteiger partial charge is 0.469 e. The quantitative estimate of drug-likeness (QED) is 0.479. The third-order valence-corrected chi connectivity index (χ3v) is 4.03. The van der Waals surface area contributed by atoms with Crippen molar-refractivity contribution < 1.29 is 18.5 Å². The number of carbonyl (C=O) groups excluding carboxylic acids is 2. The Kier molecular flexibility index (Phi) is 7.53. The zero-order valence-electron chi connectivity index (χ0n) is 11.1. The number of hydrogen-bond acceptors (Lipinski definition) is 7. The molecule has 101 valence electrons. The number of para-hydroxylation sites is 1. The Morgan fingerprint density at radius 1 is 1.25 bits per heavy atom. The number of esters is 1. The van der Waals surface area contributed by atoms with Gasteiger partial charge < -0.3 is 8.92 Å². The molecule has 0 aliphatic rings. The van der Waals surface area contributed by atoms with Crippen molar-refractivity contribution in [2.45, 2.75) is 17.2 Å². The van der Waals surface area contributed by atoms with Gasteiger partial charge in [0.2, 0.25) is 0 Å². The summed E-state index contributed by atoms with van der Waals surface area (Å²) in [4.78, 5) is 26.5. The van der Waals surface area contributed by atoms with E-state index in [9.17, 15) is 9.59 Å². The summed E-state index contributed by atoms with van der Waals surface area (Å²) in [7, 11) is 1.28. The third-order valence-electron chi connectivity index (χ3n) is 2.24. The maximum absolute atomic E-state index is 11.4. The second-order valence-electron chi connectivity index (χ2n) is 3.56. The van der Waals surface area contributed by atoms with Crippen molar-refractivity contribution in [1.82, 2.24) is 4.98 Å². The Hall–Kier alpha value is -0.600. The fraction of sp³-hybridized carbons (Fsp3) is 0.250. The van der Waals surface area contributed by atoms with Gasteiger partial charge >= 0.3 is 11.9 Å². The van der Waals surface area contributed by atoms with E-state index in [-0.39, 0.29) is 42.4 Å². The van der Waals surface area contributed by atoms with E-state index >= 15 is 0 Å². The number of thiazole rings is 1. The Labute approximate surface area is 146 Å². The molecule has 0 bridgehead atoms. The van der Waals surface area contributed by atoms with Crippen LogP contribution in [-0.4, -0.2) is 53.6 Å². The van der Waals surface area contributed by atoms with E-state index in [0.29, 0.717) is 4.34 Å². The summed E-state index contributed by atoms with van der Waals surface area (Å²) in [5.74, 6) is -0.892. The molecule has 1 radical (unpaired) electrons. The Bertz CT molecular complexity index is 569. The van der Waals surface area contributed by atoms with Crippen LogP contribution in [0.5, 0.6) is 0 Å². The topological polar surface area (TPSA) is 65.5 Å². The minimum absolute atomic E-state index is 0. The average Bonchev–Trinajstić information content (AvgIpc) is 2.85. The number of benzene rings is 1. The first-order valence-corrected chi connectivity index (χ1v) is 7.04. The van der Waals surface area contributed by atoms with Crippen molar-refractivity contribution in [3.05, 3.63) is 24.3 Å². The molecular formula is C12H11NNaO4S2. The van der Waals surface area contributed by atoms with E-state index < -0.39 is 11.9 Å². The first-order chi connectivity index (χ1) is 9.19. The van der Waals surface area contributed by atoms with Crippen LogP contribution in [0.25, 0.3) is 10.2 Å². The molecule has 20 heavy (non-hydrogen) atoms. The van der Waals surface area contributed by atoms with Crippen molar-refractivity contribution in [2.75, 3.05) is 7.11 Å². The molecular weight excluding hydrogens is 309 g/mol. The summed E-state index contributed by atoms with van der Waals surface area (Å²) in [6.45, 7) is 0. The van der Waals surface area contributed by atoms with Crippen LogP contribution in [0.2, 0.25) is 0 Å². The molecule has 1 heterocycles. The van der Waals surface area contributed by atoms with Crippen LogP contribution < -0.4 is 0 Å². The van der Waals surface area contributed by atoms with Crippen molar-refractivity contribution in [1.29, 1.82) is 0 Å².